The number of aromatic nitrogens is 1. The van der Waals surface area contributed by atoms with Gasteiger partial charge in [0.2, 0.25) is 6.20 Å². The highest BCUT2D eigenvalue weighted by Gasteiger charge is 2.35. The summed E-state index contributed by atoms with van der Waals surface area (Å²) in [5.41, 5.74) is 0.951. The Bertz CT molecular complexity index is 941. The van der Waals surface area contributed by atoms with Crippen molar-refractivity contribution in [2.45, 2.75) is 6.54 Å². The number of nitrogens with zero attached hydrogens (tertiary/aromatic N) is 2. The first-order valence-corrected chi connectivity index (χ1v) is 8.39. The molecule has 0 spiro atoms. The largest absolute Gasteiger partial charge is 1.00 e. The molecular formula is C21H17BrN2O3. The van der Waals surface area contributed by atoms with Crippen LogP contribution in [0, 0.1) is 0 Å². The maximum absolute atomic E-state index is 12.4. The van der Waals surface area contributed by atoms with Gasteiger partial charge in [-0.3, -0.25) is 14.5 Å². The minimum Gasteiger partial charge on any atom is -1.00 e. The van der Waals surface area contributed by atoms with Crippen LogP contribution >= 0.6 is 0 Å². The summed E-state index contributed by atoms with van der Waals surface area (Å²) in [5, 5.41) is 0. The van der Waals surface area contributed by atoms with Crippen molar-refractivity contribution in [3.63, 3.8) is 0 Å². The van der Waals surface area contributed by atoms with Crippen molar-refractivity contribution in [2.24, 2.45) is 0 Å². The minimum atomic E-state index is -0.233. The first kappa shape index (κ1) is 18.8. The Morgan fingerprint density at radius 2 is 1.37 bits per heavy atom. The van der Waals surface area contributed by atoms with Crippen molar-refractivity contribution in [1.82, 2.24) is 4.90 Å². The number of benzene rings is 2. The highest BCUT2D eigenvalue weighted by molar-refractivity contribution is 6.21. The summed E-state index contributed by atoms with van der Waals surface area (Å²) in [5.74, 6) is 0.984. The Kier molecular flexibility index (Phi) is 5.66. The van der Waals surface area contributed by atoms with E-state index in [1.807, 2.05) is 59.4 Å². The van der Waals surface area contributed by atoms with E-state index in [0.29, 0.717) is 30.0 Å². The standard InChI is InChI=1S/C21H17N2O3.BrH/c24-20-18-10-4-5-11-19(18)21(25)23(20)14-13-22-12-6-9-17(15-22)26-16-7-2-1-3-8-16;/h1-12,15H,13-14H2;1H/q+1;/p-1. The Hall–Kier alpha value is -2.99. The number of halogens is 1. The van der Waals surface area contributed by atoms with E-state index in [0.717, 1.165) is 5.75 Å². The van der Waals surface area contributed by atoms with Crippen LogP contribution < -0.4 is 26.3 Å². The second kappa shape index (κ2) is 8.14. The van der Waals surface area contributed by atoms with E-state index in [1.54, 1.807) is 24.3 Å². The van der Waals surface area contributed by atoms with Gasteiger partial charge in [-0.2, -0.15) is 4.57 Å². The molecule has 4 rings (SSSR count). The molecule has 0 atom stereocenters. The summed E-state index contributed by atoms with van der Waals surface area (Å²) in [6.45, 7) is 0.809. The predicted octanol–water partition coefficient (Wildman–Crippen LogP) is 0.0666. The molecule has 0 saturated heterocycles. The number of amides is 2. The van der Waals surface area contributed by atoms with Gasteiger partial charge in [-0.05, 0) is 30.3 Å². The third kappa shape index (κ3) is 3.90. The van der Waals surface area contributed by atoms with E-state index >= 15 is 0 Å². The van der Waals surface area contributed by atoms with Gasteiger partial charge >= 0.3 is 0 Å². The number of para-hydroxylation sites is 1. The number of ether oxygens (including phenoxy) is 1. The lowest BCUT2D eigenvalue weighted by Crippen LogP contribution is -3.00. The van der Waals surface area contributed by atoms with Crippen LogP contribution in [0.1, 0.15) is 20.7 Å². The fourth-order valence-corrected chi connectivity index (χ4v) is 2.98. The SMILES string of the molecule is O=C1c2ccccc2C(=O)N1CC[n+]1cccc(Oc2ccccc2)c1.[Br-]. The highest BCUT2D eigenvalue weighted by Crippen LogP contribution is 2.22. The number of hydrogen-bond acceptors (Lipinski definition) is 3. The average molecular weight is 425 g/mol. The summed E-state index contributed by atoms with van der Waals surface area (Å²) in [6, 6.07) is 20.2. The summed E-state index contributed by atoms with van der Waals surface area (Å²) in [4.78, 5) is 26.1. The molecule has 6 heteroatoms. The number of imide groups is 1. The number of carbonyl (C=O) groups excluding carboxylic acids is 2. The van der Waals surface area contributed by atoms with Crippen LogP contribution in [0.2, 0.25) is 0 Å². The minimum absolute atomic E-state index is 0. The highest BCUT2D eigenvalue weighted by atomic mass is 79.9. The Morgan fingerprint density at radius 3 is 2.04 bits per heavy atom. The van der Waals surface area contributed by atoms with Crippen LogP contribution in [0.5, 0.6) is 11.5 Å². The molecule has 0 N–H and O–H groups in total. The van der Waals surface area contributed by atoms with Crippen molar-refractivity contribution >= 4 is 11.8 Å². The molecule has 1 aromatic heterocycles. The number of rotatable bonds is 5. The van der Waals surface area contributed by atoms with Crippen molar-refractivity contribution in [2.75, 3.05) is 6.54 Å². The molecule has 2 heterocycles. The molecule has 0 aliphatic carbocycles. The number of hydrogen-bond donors (Lipinski definition) is 0. The normalized spacial score (nSPS) is 12.5. The molecule has 0 radical (unpaired) electrons. The lowest BCUT2D eigenvalue weighted by Gasteiger charge is -2.11. The molecular weight excluding hydrogens is 408 g/mol. The molecule has 2 aromatic carbocycles. The Morgan fingerprint density at radius 1 is 0.778 bits per heavy atom. The molecule has 0 saturated carbocycles. The topological polar surface area (TPSA) is 50.5 Å². The molecule has 2 amide bonds. The monoisotopic (exact) mass is 424 g/mol. The molecule has 1 aliphatic rings. The average Bonchev–Trinajstić information content (AvgIpc) is 2.92. The van der Waals surface area contributed by atoms with Gasteiger partial charge in [0.05, 0.1) is 17.7 Å². The molecule has 3 aromatic rings. The predicted molar refractivity (Wildman–Crippen MR) is 95.0 cm³/mol. The Labute approximate surface area is 167 Å². The molecule has 27 heavy (non-hydrogen) atoms. The van der Waals surface area contributed by atoms with E-state index in [-0.39, 0.29) is 28.8 Å². The number of carbonyl (C=O) groups is 2. The van der Waals surface area contributed by atoms with Crippen molar-refractivity contribution < 1.29 is 35.9 Å². The van der Waals surface area contributed by atoms with Gasteiger partial charge in [-0.25, -0.2) is 0 Å². The summed E-state index contributed by atoms with van der Waals surface area (Å²) in [6.07, 6.45) is 3.74. The first-order chi connectivity index (χ1) is 12.7. The van der Waals surface area contributed by atoms with Crippen LogP contribution in [0.15, 0.2) is 79.1 Å². The van der Waals surface area contributed by atoms with Crippen molar-refractivity contribution in [1.29, 1.82) is 0 Å². The lowest BCUT2D eigenvalue weighted by atomic mass is 10.1. The Balaban J connectivity index is 0.00000210. The maximum Gasteiger partial charge on any atom is 0.261 e. The second-order valence-electron chi connectivity index (χ2n) is 6.00. The smallest absolute Gasteiger partial charge is 0.261 e. The summed E-state index contributed by atoms with van der Waals surface area (Å²) >= 11 is 0. The second-order valence-corrected chi connectivity index (χ2v) is 6.00. The molecule has 0 bridgehead atoms. The molecule has 5 nitrogen and oxygen atoms in total. The van der Waals surface area contributed by atoms with E-state index < -0.39 is 0 Å². The fourth-order valence-electron chi connectivity index (χ4n) is 2.98. The van der Waals surface area contributed by atoms with Crippen LogP contribution in [0.25, 0.3) is 0 Å². The lowest BCUT2D eigenvalue weighted by molar-refractivity contribution is -0.696. The molecule has 0 unspecified atom stereocenters. The van der Waals surface area contributed by atoms with E-state index in [2.05, 4.69) is 0 Å². The van der Waals surface area contributed by atoms with Gasteiger partial charge < -0.3 is 21.7 Å². The van der Waals surface area contributed by atoms with Gasteiger partial charge in [0.1, 0.15) is 5.75 Å². The van der Waals surface area contributed by atoms with Crippen LogP contribution in [0.3, 0.4) is 0 Å². The maximum atomic E-state index is 12.4. The van der Waals surface area contributed by atoms with Crippen molar-refractivity contribution in [3.8, 4) is 11.5 Å². The molecule has 0 fully saturated rings. The van der Waals surface area contributed by atoms with Crippen LogP contribution in [-0.2, 0) is 6.54 Å². The van der Waals surface area contributed by atoms with Crippen molar-refractivity contribution in [3.05, 3.63) is 90.3 Å². The van der Waals surface area contributed by atoms with Gasteiger partial charge in [0.15, 0.2) is 18.5 Å². The molecule has 136 valence electrons. The third-order valence-electron chi connectivity index (χ3n) is 4.27. The zero-order chi connectivity index (χ0) is 17.9. The van der Waals surface area contributed by atoms with Crippen LogP contribution in [-0.4, -0.2) is 23.3 Å². The summed E-state index contributed by atoms with van der Waals surface area (Å²) < 4.78 is 7.72. The summed E-state index contributed by atoms with van der Waals surface area (Å²) in [7, 11) is 0. The van der Waals surface area contributed by atoms with Gasteiger partial charge in [0.25, 0.3) is 11.8 Å². The van der Waals surface area contributed by atoms with Gasteiger partial charge in [0, 0.05) is 6.07 Å². The van der Waals surface area contributed by atoms with E-state index in [9.17, 15) is 9.59 Å². The number of pyridine rings is 1. The fraction of sp³-hybridized carbons (Fsp3) is 0.0952. The third-order valence-corrected chi connectivity index (χ3v) is 4.27. The zero-order valence-corrected chi connectivity index (χ0v) is 16.0. The van der Waals surface area contributed by atoms with Gasteiger partial charge in [-0.1, -0.05) is 30.3 Å². The zero-order valence-electron chi connectivity index (χ0n) is 14.4. The molecule has 1 aliphatic heterocycles. The number of fused-ring (bicyclic) bond motifs is 1. The van der Waals surface area contributed by atoms with E-state index in [4.69, 9.17) is 4.74 Å². The first-order valence-electron chi connectivity index (χ1n) is 8.39. The van der Waals surface area contributed by atoms with Gasteiger partial charge in [-0.15, -0.1) is 0 Å². The quantitative estimate of drug-likeness (QED) is 0.430. The van der Waals surface area contributed by atoms with E-state index in [1.165, 1.54) is 4.90 Å². The van der Waals surface area contributed by atoms with Crippen LogP contribution in [0.4, 0.5) is 0 Å².